The topological polar surface area (TPSA) is 67.5 Å². The summed E-state index contributed by atoms with van der Waals surface area (Å²) in [5.41, 5.74) is 0. The maximum atomic E-state index is 11.2. The normalized spacial score (nSPS) is 9.79. The summed E-state index contributed by atoms with van der Waals surface area (Å²) in [4.78, 5) is 11.9. The van der Waals surface area contributed by atoms with Crippen molar-refractivity contribution in [1.29, 1.82) is 0 Å². The first-order chi connectivity index (χ1) is 6.61. The van der Waals surface area contributed by atoms with E-state index >= 15 is 0 Å². The second-order valence-corrected chi connectivity index (χ2v) is 2.95. The fraction of sp³-hybridized carbons (Fsp3) is 0.333. The van der Waals surface area contributed by atoms with Crippen LogP contribution in [0.25, 0.3) is 0 Å². The van der Waals surface area contributed by atoms with E-state index in [0.717, 1.165) is 0 Å². The van der Waals surface area contributed by atoms with Gasteiger partial charge in [0.2, 0.25) is 0 Å². The van der Waals surface area contributed by atoms with Gasteiger partial charge in [0.25, 0.3) is 5.82 Å². The van der Waals surface area contributed by atoms with Gasteiger partial charge in [-0.15, -0.1) is 0 Å². The van der Waals surface area contributed by atoms with Crippen LogP contribution in [0.4, 0.5) is 5.82 Å². The lowest BCUT2D eigenvalue weighted by Gasteiger charge is -2.15. The molecule has 5 nitrogen and oxygen atoms in total. The van der Waals surface area contributed by atoms with Crippen LogP contribution in [0.2, 0.25) is 0 Å². The lowest BCUT2D eigenvalue weighted by atomic mass is 10.4. The van der Waals surface area contributed by atoms with Crippen molar-refractivity contribution >= 4 is 11.8 Å². The van der Waals surface area contributed by atoms with Crippen molar-refractivity contribution in [3.8, 4) is 0 Å². The zero-order valence-electron chi connectivity index (χ0n) is 7.88. The van der Waals surface area contributed by atoms with Crippen molar-refractivity contribution in [2.75, 3.05) is 18.5 Å². The van der Waals surface area contributed by atoms with E-state index in [0.29, 0.717) is 17.1 Å². The largest absolute Gasteiger partial charge is 0.711 e. The lowest BCUT2D eigenvalue weighted by Crippen LogP contribution is -2.36. The first-order valence-corrected chi connectivity index (χ1v) is 4.22. The molecule has 0 spiro atoms. The second kappa shape index (κ2) is 4.45. The van der Waals surface area contributed by atoms with E-state index in [2.05, 4.69) is 0 Å². The molecule has 0 aliphatic carbocycles. The highest BCUT2D eigenvalue weighted by molar-refractivity contribution is 5.67. The van der Waals surface area contributed by atoms with Crippen LogP contribution in [0.5, 0.6) is 0 Å². The molecule has 0 unspecified atom stereocenters. The maximum Gasteiger partial charge on any atom is 0.307 e. The van der Waals surface area contributed by atoms with Crippen LogP contribution in [0.15, 0.2) is 24.4 Å². The molecular formula is C9H12N2O3. The van der Waals surface area contributed by atoms with Gasteiger partial charge in [0.15, 0.2) is 0 Å². The van der Waals surface area contributed by atoms with Crippen molar-refractivity contribution < 1.29 is 14.6 Å². The van der Waals surface area contributed by atoms with E-state index < -0.39 is 5.97 Å². The van der Waals surface area contributed by atoms with Crippen LogP contribution < -0.4 is 9.63 Å². The summed E-state index contributed by atoms with van der Waals surface area (Å²) in [6.07, 6.45) is 1.40. The molecule has 1 N–H and O–H groups in total. The molecule has 1 aromatic rings. The molecule has 0 aliphatic rings. The molecule has 0 saturated heterocycles. The van der Waals surface area contributed by atoms with Gasteiger partial charge in [0.1, 0.15) is 0 Å². The average molecular weight is 196 g/mol. The molecular weight excluding hydrogens is 184 g/mol. The van der Waals surface area contributed by atoms with Crippen molar-refractivity contribution in [3.63, 3.8) is 0 Å². The Balaban J connectivity index is 2.65. The molecule has 0 aromatic carbocycles. The summed E-state index contributed by atoms with van der Waals surface area (Å²) < 4.78 is 0.710. The third-order valence-electron chi connectivity index (χ3n) is 1.86. The highest BCUT2D eigenvalue weighted by Gasteiger charge is 2.11. The monoisotopic (exact) mass is 196 g/mol. The lowest BCUT2D eigenvalue weighted by molar-refractivity contribution is -0.592. The number of hydrogen-bond donors (Lipinski definition) is 1. The fourth-order valence-corrected chi connectivity index (χ4v) is 1.09. The molecule has 0 radical (unpaired) electrons. The minimum Gasteiger partial charge on any atom is -0.711 e. The van der Waals surface area contributed by atoms with Gasteiger partial charge in [0.05, 0.1) is 26.2 Å². The Morgan fingerprint density at radius 3 is 2.93 bits per heavy atom. The molecule has 1 heterocycles. The predicted octanol–water partition coefficient (Wildman–Crippen LogP) is 0.231. The van der Waals surface area contributed by atoms with Gasteiger partial charge in [-0.2, -0.15) is 0 Å². The summed E-state index contributed by atoms with van der Waals surface area (Å²) in [7, 11) is 1.69. The quantitative estimate of drug-likeness (QED) is 0.553. The second-order valence-electron chi connectivity index (χ2n) is 2.95. The van der Waals surface area contributed by atoms with E-state index in [4.69, 9.17) is 5.11 Å². The molecule has 1 rings (SSSR count). The van der Waals surface area contributed by atoms with Gasteiger partial charge in [0, 0.05) is 6.07 Å². The van der Waals surface area contributed by atoms with Crippen LogP contribution >= 0.6 is 0 Å². The molecule has 0 bridgehead atoms. The zero-order chi connectivity index (χ0) is 10.6. The SMILES string of the molecule is CN(CCC(=O)O)c1cccc[n+]1[O-]. The number of carbonyl (C=O) groups is 1. The van der Waals surface area contributed by atoms with E-state index in [1.807, 2.05) is 0 Å². The maximum absolute atomic E-state index is 11.2. The molecule has 14 heavy (non-hydrogen) atoms. The van der Waals surface area contributed by atoms with Crippen LogP contribution in [0.1, 0.15) is 6.42 Å². The first kappa shape index (κ1) is 10.3. The molecule has 5 heteroatoms. The van der Waals surface area contributed by atoms with E-state index in [1.54, 1.807) is 30.1 Å². The molecule has 0 saturated carbocycles. The van der Waals surface area contributed by atoms with E-state index in [-0.39, 0.29) is 6.42 Å². The van der Waals surface area contributed by atoms with Gasteiger partial charge in [-0.05, 0) is 6.07 Å². The molecule has 0 atom stereocenters. The number of pyridine rings is 1. The van der Waals surface area contributed by atoms with Gasteiger partial charge in [-0.3, -0.25) is 9.69 Å². The standard InChI is InChI=1S/C9H12N2O3/c1-10(7-5-9(12)13)8-4-2-3-6-11(8)14/h2-4,6H,5,7H2,1H3,(H,12,13). The Kier molecular flexibility index (Phi) is 3.28. The minimum atomic E-state index is -0.870. The Morgan fingerprint density at radius 1 is 1.64 bits per heavy atom. The van der Waals surface area contributed by atoms with Crippen LogP contribution in [0.3, 0.4) is 0 Å². The Hall–Kier alpha value is -1.78. The molecule has 0 aliphatic heterocycles. The van der Waals surface area contributed by atoms with Crippen LogP contribution in [-0.2, 0) is 4.79 Å². The van der Waals surface area contributed by atoms with Gasteiger partial charge in [-0.1, -0.05) is 6.07 Å². The summed E-state index contributed by atoms with van der Waals surface area (Å²) in [5.74, 6) is -0.418. The molecule has 76 valence electrons. The highest BCUT2D eigenvalue weighted by Crippen LogP contribution is 2.04. The van der Waals surface area contributed by atoms with E-state index in [1.165, 1.54) is 6.20 Å². The number of anilines is 1. The number of carboxylic acid groups (broad SMARTS) is 1. The van der Waals surface area contributed by atoms with Crippen LogP contribution in [-0.4, -0.2) is 24.7 Å². The van der Waals surface area contributed by atoms with Crippen molar-refractivity contribution in [1.82, 2.24) is 0 Å². The number of nitrogens with zero attached hydrogens (tertiary/aromatic N) is 2. The molecule has 0 fully saturated rings. The summed E-state index contributed by atoms with van der Waals surface area (Å²) in [6.45, 7) is 0.321. The number of hydrogen-bond acceptors (Lipinski definition) is 3. The van der Waals surface area contributed by atoms with Crippen molar-refractivity contribution in [3.05, 3.63) is 29.6 Å². The highest BCUT2D eigenvalue weighted by atomic mass is 16.5. The fourth-order valence-electron chi connectivity index (χ4n) is 1.09. The summed E-state index contributed by atoms with van der Waals surface area (Å²) in [6, 6.07) is 5.01. The van der Waals surface area contributed by atoms with Gasteiger partial charge < -0.3 is 10.3 Å². The number of rotatable bonds is 4. The number of aliphatic carboxylic acids is 1. The summed E-state index contributed by atoms with van der Waals surface area (Å²) >= 11 is 0. The smallest absolute Gasteiger partial charge is 0.307 e. The molecule has 1 aromatic heterocycles. The third kappa shape index (κ3) is 2.62. The van der Waals surface area contributed by atoms with Crippen molar-refractivity contribution in [2.24, 2.45) is 0 Å². The minimum absolute atomic E-state index is 0.0192. The average Bonchev–Trinajstić information content (AvgIpc) is 2.15. The third-order valence-corrected chi connectivity index (χ3v) is 1.86. The first-order valence-electron chi connectivity index (χ1n) is 4.22. The van der Waals surface area contributed by atoms with Crippen molar-refractivity contribution in [2.45, 2.75) is 6.42 Å². The zero-order valence-corrected chi connectivity index (χ0v) is 7.88. The number of aromatic nitrogens is 1. The Morgan fingerprint density at radius 2 is 2.36 bits per heavy atom. The van der Waals surface area contributed by atoms with E-state index in [9.17, 15) is 10.0 Å². The molecule has 0 amide bonds. The summed E-state index contributed by atoms with van der Waals surface area (Å²) in [5, 5.41) is 19.7. The van der Waals surface area contributed by atoms with Gasteiger partial charge in [-0.25, -0.2) is 4.73 Å². The Bertz CT molecular complexity index is 328. The predicted molar refractivity (Wildman–Crippen MR) is 50.9 cm³/mol. The Labute approximate surface area is 81.8 Å². The van der Waals surface area contributed by atoms with Crippen LogP contribution in [0, 0.1) is 5.21 Å². The number of carboxylic acids is 1. The van der Waals surface area contributed by atoms with Gasteiger partial charge >= 0.3 is 5.97 Å².